The van der Waals surface area contributed by atoms with Crippen LogP contribution in [0.3, 0.4) is 0 Å². The Bertz CT molecular complexity index is 1280. The van der Waals surface area contributed by atoms with Gasteiger partial charge in [-0.2, -0.15) is 13.2 Å². The Kier molecular flexibility index (Phi) is 11.8. The SMILES string of the molecule is CCCC(CCCc1ccc(C(=O)NCCC(=O)OC)s1)COc1cc(C)c(-c2ccc(C(F)(F)F)cc2)c(C)c1. The molecule has 0 bridgehead atoms. The molecule has 1 atom stereocenters. The summed E-state index contributed by atoms with van der Waals surface area (Å²) in [6.07, 6.45) is 0.723. The number of halogens is 3. The molecule has 1 amide bonds. The van der Waals surface area contributed by atoms with E-state index in [1.807, 2.05) is 38.1 Å². The van der Waals surface area contributed by atoms with E-state index in [1.54, 1.807) is 0 Å². The van der Waals surface area contributed by atoms with Gasteiger partial charge in [0.25, 0.3) is 5.91 Å². The van der Waals surface area contributed by atoms with Gasteiger partial charge >= 0.3 is 12.1 Å². The van der Waals surface area contributed by atoms with Crippen LogP contribution in [0.2, 0.25) is 0 Å². The highest BCUT2D eigenvalue weighted by Crippen LogP contribution is 2.35. The molecule has 0 aliphatic carbocycles. The van der Waals surface area contributed by atoms with Crippen molar-refractivity contribution < 1.29 is 32.2 Å². The summed E-state index contributed by atoms with van der Waals surface area (Å²) in [6, 6.07) is 13.0. The summed E-state index contributed by atoms with van der Waals surface area (Å²) in [4.78, 5) is 25.3. The number of nitrogens with one attached hydrogen (secondary N) is 1. The number of ether oxygens (including phenoxy) is 2. The Balaban J connectivity index is 1.52. The molecule has 0 fully saturated rings. The number of alkyl halides is 3. The van der Waals surface area contributed by atoms with Gasteiger partial charge in [0.05, 0.1) is 30.6 Å². The Labute approximate surface area is 244 Å². The van der Waals surface area contributed by atoms with Crippen LogP contribution in [0.5, 0.6) is 5.75 Å². The predicted octanol–water partition coefficient (Wildman–Crippen LogP) is 8.16. The number of rotatable bonds is 14. The average molecular weight is 590 g/mol. The van der Waals surface area contributed by atoms with Crippen molar-refractivity contribution in [3.63, 3.8) is 0 Å². The van der Waals surface area contributed by atoms with Gasteiger partial charge in [-0.3, -0.25) is 9.59 Å². The number of esters is 1. The minimum Gasteiger partial charge on any atom is -0.493 e. The first-order valence-corrected chi connectivity index (χ1v) is 14.7. The molecule has 1 heterocycles. The van der Waals surface area contributed by atoms with Gasteiger partial charge in [-0.15, -0.1) is 11.3 Å². The van der Waals surface area contributed by atoms with Gasteiger partial charge in [0.1, 0.15) is 5.75 Å². The summed E-state index contributed by atoms with van der Waals surface area (Å²) in [6.45, 7) is 6.89. The van der Waals surface area contributed by atoms with Crippen molar-refractivity contribution in [2.24, 2.45) is 5.92 Å². The van der Waals surface area contributed by atoms with Crippen LogP contribution in [0, 0.1) is 19.8 Å². The molecule has 9 heteroatoms. The fraction of sp³-hybridized carbons (Fsp3) is 0.438. The van der Waals surface area contributed by atoms with E-state index in [1.165, 1.54) is 30.6 Å². The van der Waals surface area contributed by atoms with Gasteiger partial charge in [-0.25, -0.2) is 0 Å². The van der Waals surface area contributed by atoms with Crippen LogP contribution in [0.1, 0.15) is 70.3 Å². The predicted molar refractivity (Wildman–Crippen MR) is 156 cm³/mol. The van der Waals surface area contributed by atoms with Crippen molar-refractivity contribution in [3.8, 4) is 16.9 Å². The Morgan fingerprint density at radius 3 is 2.29 bits per heavy atom. The van der Waals surface area contributed by atoms with Gasteiger partial charge < -0.3 is 14.8 Å². The molecule has 222 valence electrons. The van der Waals surface area contributed by atoms with Crippen LogP contribution in [0.15, 0.2) is 48.5 Å². The minimum atomic E-state index is -4.35. The smallest absolute Gasteiger partial charge is 0.416 e. The number of benzene rings is 2. The molecule has 0 spiro atoms. The topological polar surface area (TPSA) is 64.6 Å². The molecule has 2 aromatic carbocycles. The third-order valence-electron chi connectivity index (χ3n) is 6.95. The first-order chi connectivity index (χ1) is 19.5. The largest absolute Gasteiger partial charge is 0.493 e. The van der Waals surface area contributed by atoms with Gasteiger partial charge in [0, 0.05) is 11.4 Å². The molecule has 0 saturated heterocycles. The first-order valence-electron chi connectivity index (χ1n) is 13.9. The van der Waals surface area contributed by atoms with Crippen LogP contribution in [-0.2, 0) is 22.1 Å². The van der Waals surface area contributed by atoms with Crippen molar-refractivity contribution in [1.82, 2.24) is 5.32 Å². The molecule has 3 aromatic rings. The molecular weight excluding hydrogens is 551 g/mol. The van der Waals surface area contributed by atoms with E-state index >= 15 is 0 Å². The summed E-state index contributed by atoms with van der Waals surface area (Å²) in [5.41, 5.74) is 2.92. The zero-order valence-corrected chi connectivity index (χ0v) is 24.8. The maximum atomic E-state index is 13.0. The van der Waals surface area contributed by atoms with Crippen molar-refractivity contribution in [2.75, 3.05) is 20.3 Å². The number of carbonyl (C=O) groups is 2. The Morgan fingerprint density at radius 2 is 1.68 bits per heavy atom. The molecule has 41 heavy (non-hydrogen) atoms. The summed E-state index contributed by atoms with van der Waals surface area (Å²) in [5, 5.41) is 2.74. The van der Waals surface area contributed by atoms with E-state index in [0.29, 0.717) is 17.4 Å². The standard InChI is InChI=1S/C32H38F3NO4S/c1-5-7-23(8-6-9-27-14-15-28(41-27)31(38)36-17-16-29(37)39-4)20-40-26-18-21(2)30(22(3)19-26)24-10-12-25(13-11-24)32(33,34)35/h10-15,18-19,23H,5-9,16-17,20H2,1-4H3,(H,36,38). The van der Waals surface area contributed by atoms with Gasteiger partial charge in [-0.05, 0) is 104 Å². The Hall–Kier alpha value is -3.33. The normalized spacial score (nSPS) is 12.2. The summed E-state index contributed by atoms with van der Waals surface area (Å²) < 4.78 is 49.7. The third-order valence-corrected chi connectivity index (χ3v) is 8.10. The summed E-state index contributed by atoms with van der Waals surface area (Å²) in [7, 11) is 1.32. The molecule has 0 aliphatic heterocycles. The van der Waals surface area contributed by atoms with Crippen molar-refractivity contribution in [3.05, 3.63) is 75.0 Å². The highest BCUT2D eigenvalue weighted by molar-refractivity contribution is 7.14. The molecular formula is C32H38F3NO4S. The number of aryl methyl sites for hydroxylation is 3. The van der Waals surface area contributed by atoms with E-state index in [-0.39, 0.29) is 24.8 Å². The first kappa shape index (κ1) is 32.2. The van der Waals surface area contributed by atoms with E-state index < -0.39 is 11.7 Å². The van der Waals surface area contributed by atoms with Crippen LogP contribution < -0.4 is 10.1 Å². The summed E-state index contributed by atoms with van der Waals surface area (Å²) in [5.74, 6) is 0.606. The Morgan fingerprint density at radius 1 is 1.00 bits per heavy atom. The maximum absolute atomic E-state index is 13.0. The molecule has 1 unspecified atom stereocenters. The second-order valence-electron chi connectivity index (χ2n) is 10.2. The molecule has 1 N–H and O–H groups in total. The summed E-state index contributed by atoms with van der Waals surface area (Å²) >= 11 is 1.47. The lowest BCUT2D eigenvalue weighted by atomic mass is 9.94. The van der Waals surface area contributed by atoms with E-state index in [2.05, 4.69) is 17.0 Å². The van der Waals surface area contributed by atoms with Crippen LogP contribution in [-0.4, -0.2) is 32.1 Å². The van der Waals surface area contributed by atoms with Gasteiger partial charge in [0.15, 0.2) is 0 Å². The van der Waals surface area contributed by atoms with Crippen molar-refractivity contribution in [2.45, 2.75) is 65.5 Å². The van der Waals surface area contributed by atoms with Crippen LogP contribution >= 0.6 is 11.3 Å². The number of amides is 1. The zero-order chi connectivity index (χ0) is 30.0. The van der Waals surface area contributed by atoms with Crippen molar-refractivity contribution in [1.29, 1.82) is 0 Å². The fourth-order valence-electron chi connectivity index (χ4n) is 4.89. The highest BCUT2D eigenvalue weighted by atomic mass is 32.1. The minimum absolute atomic E-state index is 0.143. The molecule has 3 rings (SSSR count). The monoisotopic (exact) mass is 589 g/mol. The lowest BCUT2D eigenvalue weighted by Crippen LogP contribution is -2.25. The lowest BCUT2D eigenvalue weighted by Gasteiger charge is -2.19. The van der Waals surface area contributed by atoms with E-state index in [4.69, 9.17) is 4.74 Å². The fourth-order valence-corrected chi connectivity index (χ4v) is 5.85. The highest BCUT2D eigenvalue weighted by Gasteiger charge is 2.30. The second kappa shape index (κ2) is 15.1. The van der Waals surface area contributed by atoms with E-state index in [9.17, 15) is 22.8 Å². The van der Waals surface area contributed by atoms with Crippen LogP contribution in [0.25, 0.3) is 11.1 Å². The second-order valence-corrected chi connectivity index (χ2v) is 11.4. The lowest BCUT2D eigenvalue weighted by molar-refractivity contribution is -0.140. The molecule has 1 aromatic heterocycles. The molecule has 0 aliphatic rings. The van der Waals surface area contributed by atoms with Gasteiger partial charge in [0.2, 0.25) is 0 Å². The number of hydrogen-bond donors (Lipinski definition) is 1. The van der Waals surface area contributed by atoms with E-state index in [0.717, 1.165) is 77.1 Å². The maximum Gasteiger partial charge on any atom is 0.416 e. The average Bonchev–Trinajstić information content (AvgIpc) is 3.40. The molecule has 0 radical (unpaired) electrons. The number of carbonyl (C=O) groups excluding carboxylic acids is 2. The van der Waals surface area contributed by atoms with Crippen molar-refractivity contribution >= 4 is 23.2 Å². The van der Waals surface area contributed by atoms with Crippen LogP contribution in [0.4, 0.5) is 13.2 Å². The number of methoxy groups -OCH3 is 1. The number of thiophene rings is 1. The number of hydrogen-bond acceptors (Lipinski definition) is 5. The van der Waals surface area contributed by atoms with Gasteiger partial charge in [-0.1, -0.05) is 25.5 Å². The molecule has 5 nitrogen and oxygen atoms in total. The third kappa shape index (κ3) is 9.63. The molecule has 0 saturated carbocycles. The zero-order valence-electron chi connectivity index (χ0n) is 24.0. The quantitative estimate of drug-likeness (QED) is 0.193.